The van der Waals surface area contributed by atoms with Crippen LogP contribution in [0.2, 0.25) is 5.02 Å². The minimum Gasteiger partial charge on any atom is -0.494 e. The maximum absolute atomic E-state index is 13.1. The molecule has 1 unspecified atom stereocenters. The van der Waals surface area contributed by atoms with Crippen molar-refractivity contribution in [2.24, 2.45) is 5.73 Å². The van der Waals surface area contributed by atoms with Gasteiger partial charge in [0.05, 0.1) is 24.0 Å². The van der Waals surface area contributed by atoms with Gasteiger partial charge in [-0.25, -0.2) is 0 Å². The molecule has 1 fully saturated rings. The molecule has 1 aliphatic rings. The van der Waals surface area contributed by atoms with Crippen molar-refractivity contribution >= 4 is 11.6 Å². The zero-order valence-electron chi connectivity index (χ0n) is 9.59. The molecule has 0 bridgehead atoms. The monoisotopic (exact) mass is 280 g/mol. The van der Waals surface area contributed by atoms with Gasteiger partial charge in [-0.1, -0.05) is 11.6 Å². The second-order valence-corrected chi connectivity index (χ2v) is 4.86. The van der Waals surface area contributed by atoms with E-state index in [1.54, 1.807) is 0 Å². The van der Waals surface area contributed by atoms with Gasteiger partial charge < -0.3 is 10.5 Å². The molecule has 0 radical (unpaired) electrons. The predicted octanol–water partition coefficient (Wildman–Crippen LogP) is 2.88. The zero-order valence-corrected chi connectivity index (χ0v) is 10.3. The molecule has 0 aliphatic heterocycles. The van der Waals surface area contributed by atoms with Gasteiger partial charge in [0.25, 0.3) is 0 Å². The Morgan fingerprint density at radius 1 is 1.50 bits per heavy atom. The minimum absolute atomic E-state index is 0.0981. The predicted molar refractivity (Wildman–Crippen MR) is 60.7 cm³/mol. The van der Waals surface area contributed by atoms with Crippen molar-refractivity contribution in [3.63, 3.8) is 0 Å². The molecule has 2 N–H and O–H groups in total. The Kier molecular flexibility index (Phi) is 3.19. The van der Waals surface area contributed by atoms with Gasteiger partial charge in [0, 0.05) is 5.54 Å². The van der Waals surface area contributed by atoms with Crippen LogP contribution in [0.15, 0.2) is 12.3 Å². The highest BCUT2D eigenvalue weighted by molar-refractivity contribution is 6.32. The number of nitrogens with zero attached hydrogens (tertiary/aromatic N) is 1. The minimum atomic E-state index is -4.43. The third-order valence-corrected chi connectivity index (χ3v) is 3.38. The number of ether oxygens (including phenoxy) is 1. The molecule has 1 aliphatic carbocycles. The van der Waals surface area contributed by atoms with Crippen molar-refractivity contribution in [1.82, 2.24) is 4.98 Å². The van der Waals surface area contributed by atoms with E-state index >= 15 is 0 Å². The molecule has 1 atom stereocenters. The molecular weight excluding hydrogens is 269 g/mol. The number of alkyl halides is 3. The van der Waals surface area contributed by atoms with Gasteiger partial charge in [-0.3, -0.25) is 4.98 Å². The van der Waals surface area contributed by atoms with Crippen LogP contribution in [0.1, 0.15) is 24.5 Å². The molecule has 18 heavy (non-hydrogen) atoms. The fourth-order valence-electron chi connectivity index (χ4n) is 1.96. The molecule has 0 aromatic carbocycles. The lowest BCUT2D eigenvalue weighted by Gasteiger charge is -2.25. The molecule has 0 amide bonds. The molecule has 0 spiro atoms. The van der Waals surface area contributed by atoms with E-state index in [-0.39, 0.29) is 16.5 Å². The fourth-order valence-corrected chi connectivity index (χ4v) is 2.20. The molecular formula is C11H12ClF3N2O. The van der Waals surface area contributed by atoms with Crippen molar-refractivity contribution < 1.29 is 17.9 Å². The Labute approximate surface area is 107 Å². The molecule has 0 saturated heterocycles. The van der Waals surface area contributed by atoms with Crippen molar-refractivity contribution in [2.75, 3.05) is 7.11 Å². The molecule has 1 aromatic heterocycles. The van der Waals surface area contributed by atoms with E-state index in [1.807, 2.05) is 0 Å². The van der Waals surface area contributed by atoms with Gasteiger partial charge in [0.1, 0.15) is 5.92 Å². The first-order valence-corrected chi connectivity index (χ1v) is 5.71. The van der Waals surface area contributed by atoms with Crippen LogP contribution in [0.4, 0.5) is 13.2 Å². The number of aromatic nitrogens is 1. The topological polar surface area (TPSA) is 48.1 Å². The van der Waals surface area contributed by atoms with E-state index in [2.05, 4.69) is 4.98 Å². The number of pyridine rings is 1. The lowest BCUT2D eigenvalue weighted by Crippen LogP contribution is -2.40. The van der Waals surface area contributed by atoms with E-state index < -0.39 is 17.6 Å². The summed E-state index contributed by atoms with van der Waals surface area (Å²) in [6.07, 6.45) is -2.58. The van der Waals surface area contributed by atoms with Crippen LogP contribution in [0.25, 0.3) is 0 Å². The number of methoxy groups -OCH3 is 1. The van der Waals surface area contributed by atoms with Crippen LogP contribution in [0.3, 0.4) is 0 Å². The maximum atomic E-state index is 13.1. The van der Waals surface area contributed by atoms with Gasteiger partial charge >= 0.3 is 6.18 Å². The molecule has 1 saturated carbocycles. The number of hydrogen-bond donors (Lipinski definition) is 1. The summed E-state index contributed by atoms with van der Waals surface area (Å²) < 4.78 is 44.0. The van der Waals surface area contributed by atoms with Crippen LogP contribution in [0.5, 0.6) is 5.75 Å². The third kappa shape index (κ3) is 2.40. The maximum Gasteiger partial charge on any atom is 0.399 e. The Bertz CT molecular complexity index is 455. The Morgan fingerprint density at radius 2 is 2.11 bits per heavy atom. The lowest BCUT2D eigenvalue weighted by molar-refractivity contribution is -0.158. The fraction of sp³-hybridized carbons (Fsp3) is 0.545. The summed E-state index contributed by atoms with van der Waals surface area (Å²) in [6.45, 7) is 0. The summed E-state index contributed by atoms with van der Waals surface area (Å²) in [6, 6.07) is 1.17. The number of halogens is 4. The number of nitrogens with two attached hydrogens (primary N) is 1. The van der Waals surface area contributed by atoms with Crippen LogP contribution in [-0.2, 0) is 0 Å². The van der Waals surface area contributed by atoms with Gasteiger partial charge in [0.15, 0.2) is 5.75 Å². The van der Waals surface area contributed by atoms with Crippen molar-refractivity contribution in [3.05, 3.63) is 23.0 Å². The standard InChI is InChI=1S/C11H12ClF3N2O/c1-18-8-5-17-7(4-6(8)12)9(11(13,14)15)10(16)2-3-10/h4-5,9H,2-3,16H2,1H3. The first-order chi connectivity index (χ1) is 8.28. The van der Waals surface area contributed by atoms with Crippen LogP contribution in [-0.4, -0.2) is 23.8 Å². The van der Waals surface area contributed by atoms with Gasteiger partial charge in [-0.05, 0) is 18.9 Å². The Morgan fingerprint density at radius 3 is 2.50 bits per heavy atom. The Hall–Kier alpha value is -1.01. The number of hydrogen-bond acceptors (Lipinski definition) is 3. The van der Waals surface area contributed by atoms with Crippen LogP contribution in [0, 0.1) is 0 Å². The molecule has 1 aromatic rings. The smallest absolute Gasteiger partial charge is 0.399 e. The van der Waals surface area contributed by atoms with Gasteiger partial charge in [-0.2, -0.15) is 13.2 Å². The SMILES string of the molecule is COc1cnc(C(C(F)(F)F)C2(N)CC2)cc1Cl. The van der Waals surface area contributed by atoms with Gasteiger partial charge in [-0.15, -0.1) is 0 Å². The third-order valence-electron chi connectivity index (χ3n) is 3.09. The molecule has 100 valence electrons. The molecule has 7 heteroatoms. The summed E-state index contributed by atoms with van der Waals surface area (Å²) in [5.41, 5.74) is 4.29. The second-order valence-electron chi connectivity index (χ2n) is 4.45. The first-order valence-electron chi connectivity index (χ1n) is 5.33. The lowest BCUT2D eigenvalue weighted by atomic mass is 9.93. The average molecular weight is 281 g/mol. The highest BCUT2D eigenvalue weighted by atomic mass is 35.5. The van der Waals surface area contributed by atoms with E-state index in [9.17, 15) is 13.2 Å². The summed E-state index contributed by atoms with van der Waals surface area (Å²) >= 11 is 5.82. The van der Waals surface area contributed by atoms with E-state index in [1.165, 1.54) is 19.4 Å². The Balaban J connectivity index is 2.41. The summed E-state index contributed by atoms with van der Waals surface area (Å²) in [4.78, 5) is 3.77. The van der Waals surface area contributed by atoms with Crippen molar-refractivity contribution in [2.45, 2.75) is 30.5 Å². The normalized spacial score (nSPS) is 19.4. The molecule has 3 nitrogen and oxygen atoms in total. The largest absolute Gasteiger partial charge is 0.494 e. The summed E-state index contributed by atoms with van der Waals surface area (Å²) in [7, 11) is 1.37. The number of rotatable bonds is 3. The van der Waals surface area contributed by atoms with E-state index in [0.717, 1.165) is 0 Å². The van der Waals surface area contributed by atoms with Crippen molar-refractivity contribution in [3.8, 4) is 5.75 Å². The van der Waals surface area contributed by atoms with E-state index in [0.29, 0.717) is 12.8 Å². The summed E-state index contributed by atoms with van der Waals surface area (Å²) in [5, 5.41) is 0.0981. The second kappa shape index (κ2) is 4.28. The van der Waals surface area contributed by atoms with Crippen LogP contribution < -0.4 is 10.5 Å². The highest BCUT2D eigenvalue weighted by Gasteiger charge is 2.59. The zero-order chi connectivity index (χ0) is 13.6. The van der Waals surface area contributed by atoms with Crippen molar-refractivity contribution in [1.29, 1.82) is 0 Å². The molecule has 2 rings (SSSR count). The highest BCUT2D eigenvalue weighted by Crippen LogP contribution is 2.52. The quantitative estimate of drug-likeness (QED) is 0.926. The molecule has 1 heterocycles. The first kappa shape index (κ1) is 13.4. The average Bonchev–Trinajstić information content (AvgIpc) is 2.95. The summed E-state index contributed by atoms with van der Waals surface area (Å²) in [5.74, 6) is -1.54. The van der Waals surface area contributed by atoms with Crippen LogP contribution >= 0.6 is 11.6 Å². The van der Waals surface area contributed by atoms with Gasteiger partial charge in [0.2, 0.25) is 0 Å². The van der Waals surface area contributed by atoms with E-state index in [4.69, 9.17) is 22.1 Å².